The summed E-state index contributed by atoms with van der Waals surface area (Å²) in [6, 6.07) is 7.31. The van der Waals surface area contributed by atoms with Gasteiger partial charge in [0, 0.05) is 0 Å². The zero-order chi connectivity index (χ0) is 18.6. The standard InChI is InChI=1S/C17H16F3NO4/c1-2-13(10-4-3-5-11(8-10)17(18,19)20)15(22)21-9-12-6-7-14(25-12)16(23)24/h3-8,13H,2,9H2,1H3,(H,21,22)(H,23,24). The number of furan rings is 1. The molecule has 0 saturated heterocycles. The number of carboxylic acids is 1. The van der Waals surface area contributed by atoms with E-state index in [0.717, 1.165) is 12.1 Å². The molecule has 0 spiro atoms. The van der Waals surface area contributed by atoms with Gasteiger partial charge in [0.1, 0.15) is 5.76 Å². The molecule has 1 unspecified atom stereocenters. The van der Waals surface area contributed by atoms with Crippen LogP contribution >= 0.6 is 0 Å². The van der Waals surface area contributed by atoms with E-state index in [9.17, 15) is 22.8 Å². The predicted octanol–water partition coefficient (Wildman–Crippen LogP) is 3.81. The van der Waals surface area contributed by atoms with Crippen molar-refractivity contribution >= 4 is 11.9 Å². The first kappa shape index (κ1) is 18.6. The molecule has 5 nitrogen and oxygen atoms in total. The number of rotatable bonds is 6. The van der Waals surface area contributed by atoms with Gasteiger partial charge in [0.25, 0.3) is 0 Å². The number of carboxylic acid groups (broad SMARTS) is 1. The molecule has 0 fully saturated rings. The fraction of sp³-hybridized carbons (Fsp3) is 0.294. The van der Waals surface area contributed by atoms with Crippen molar-refractivity contribution in [3.8, 4) is 0 Å². The van der Waals surface area contributed by atoms with Crippen LogP contribution in [0.2, 0.25) is 0 Å². The second-order valence-corrected chi connectivity index (χ2v) is 5.37. The van der Waals surface area contributed by atoms with Crippen molar-refractivity contribution in [3.63, 3.8) is 0 Å². The normalized spacial score (nSPS) is 12.6. The minimum atomic E-state index is -4.48. The third-order valence-corrected chi connectivity index (χ3v) is 3.65. The highest BCUT2D eigenvalue weighted by molar-refractivity contribution is 5.84. The van der Waals surface area contributed by atoms with E-state index in [1.165, 1.54) is 24.3 Å². The van der Waals surface area contributed by atoms with Gasteiger partial charge in [-0.1, -0.05) is 25.1 Å². The minimum absolute atomic E-state index is 0.0540. The number of aromatic carboxylic acids is 1. The molecule has 0 radical (unpaired) electrons. The molecule has 0 saturated carbocycles. The van der Waals surface area contributed by atoms with Crippen molar-refractivity contribution in [2.45, 2.75) is 32.0 Å². The third kappa shape index (κ3) is 4.62. The Morgan fingerprint density at radius 1 is 1.24 bits per heavy atom. The molecule has 0 aliphatic rings. The molecule has 1 atom stereocenters. The maximum Gasteiger partial charge on any atom is 0.416 e. The summed E-state index contributed by atoms with van der Waals surface area (Å²) in [5.41, 5.74) is -0.547. The van der Waals surface area contributed by atoms with Crippen LogP contribution in [0, 0.1) is 0 Å². The molecule has 2 rings (SSSR count). The molecular weight excluding hydrogens is 339 g/mol. The van der Waals surface area contributed by atoms with Crippen molar-refractivity contribution in [3.05, 3.63) is 59.0 Å². The fourth-order valence-corrected chi connectivity index (χ4v) is 2.39. The lowest BCUT2D eigenvalue weighted by Crippen LogP contribution is -2.28. The van der Waals surface area contributed by atoms with Gasteiger partial charge in [0.05, 0.1) is 18.0 Å². The number of alkyl halides is 3. The highest BCUT2D eigenvalue weighted by atomic mass is 19.4. The van der Waals surface area contributed by atoms with Crippen LogP contribution in [-0.2, 0) is 17.5 Å². The molecule has 0 aliphatic heterocycles. The number of carbonyl (C=O) groups is 2. The monoisotopic (exact) mass is 355 g/mol. The molecule has 2 aromatic rings. The summed E-state index contributed by atoms with van der Waals surface area (Å²) >= 11 is 0. The van der Waals surface area contributed by atoms with Gasteiger partial charge in [-0.2, -0.15) is 13.2 Å². The topological polar surface area (TPSA) is 79.5 Å². The molecular formula is C17H16F3NO4. The number of nitrogens with one attached hydrogen (secondary N) is 1. The summed E-state index contributed by atoms with van der Waals surface area (Å²) < 4.78 is 43.5. The number of amides is 1. The molecule has 0 bridgehead atoms. The zero-order valence-corrected chi connectivity index (χ0v) is 13.3. The summed E-state index contributed by atoms with van der Waals surface area (Å²) in [5, 5.41) is 11.3. The van der Waals surface area contributed by atoms with Gasteiger partial charge in [-0.3, -0.25) is 4.79 Å². The Balaban J connectivity index is 2.09. The first-order chi connectivity index (χ1) is 11.7. The second-order valence-electron chi connectivity index (χ2n) is 5.37. The van der Waals surface area contributed by atoms with Crippen LogP contribution in [0.1, 0.15) is 46.7 Å². The second kappa shape index (κ2) is 7.42. The van der Waals surface area contributed by atoms with Gasteiger partial charge < -0.3 is 14.8 Å². The highest BCUT2D eigenvalue weighted by Gasteiger charge is 2.31. The SMILES string of the molecule is CCC(C(=O)NCc1ccc(C(=O)O)o1)c1cccc(C(F)(F)F)c1. The summed E-state index contributed by atoms with van der Waals surface area (Å²) in [7, 11) is 0. The Labute approximate surface area is 141 Å². The van der Waals surface area contributed by atoms with E-state index < -0.39 is 29.5 Å². The van der Waals surface area contributed by atoms with Crippen molar-refractivity contribution < 1.29 is 32.3 Å². The molecule has 1 aromatic carbocycles. The fourth-order valence-electron chi connectivity index (χ4n) is 2.39. The lowest BCUT2D eigenvalue weighted by Gasteiger charge is -2.16. The van der Waals surface area contributed by atoms with E-state index >= 15 is 0 Å². The molecule has 1 amide bonds. The lowest BCUT2D eigenvalue weighted by atomic mass is 9.94. The van der Waals surface area contributed by atoms with Gasteiger partial charge in [-0.25, -0.2) is 4.79 Å². The van der Waals surface area contributed by atoms with Crippen molar-refractivity contribution in [2.75, 3.05) is 0 Å². The highest BCUT2D eigenvalue weighted by Crippen LogP contribution is 2.31. The van der Waals surface area contributed by atoms with E-state index in [4.69, 9.17) is 9.52 Å². The van der Waals surface area contributed by atoms with E-state index in [1.54, 1.807) is 6.92 Å². The quantitative estimate of drug-likeness (QED) is 0.826. The van der Waals surface area contributed by atoms with Gasteiger partial charge >= 0.3 is 12.1 Å². The van der Waals surface area contributed by atoms with Crippen molar-refractivity contribution in [1.82, 2.24) is 5.32 Å². The van der Waals surface area contributed by atoms with E-state index in [1.807, 2.05) is 0 Å². The first-order valence-electron chi connectivity index (χ1n) is 7.49. The molecule has 1 aromatic heterocycles. The Bertz CT molecular complexity index is 767. The minimum Gasteiger partial charge on any atom is -0.475 e. The molecule has 25 heavy (non-hydrogen) atoms. The van der Waals surface area contributed by atoms with Crippen molar-refractivity contribution in [2.24, 2.45) is 0 Å². The van der Waals surface area contributed by atoms with E-state index in [2.05, 4.69) is 5.32 Å². The smallest absolute Gasteiger partial charge is 0.416 e. The number of carbonyl (C=O) groups excluding carboxylic acids is 1. The van der Waals surface area contributed by atoms with Crippen LogP contribution < -0.4 is 5.32 Å². The van der Waals surface area contributed by atoms with Gasteiger partial charge in [0.15, 0.2) is 0 Å². The summed E-state index contributed by atoms with van der Waals surface area (Å²) in [6.07, 6.45) is -4.17. The molecule has 0 aliphatic carbocycles. The van der Waals surface area contributed by atoms with E-state index in [-0.39, 0.29) is 23.6 Å². The Morgan fingerprint density at radius 3 is 2.52 bits per heavy atom. The summed E-state index contributed by atoms with van der Waals surface area (Å²) in [5.74, 6) is -2.46. The molecule has 134 valence electrons. The molecule has 2 N–H and O–H groups in total. The van der Waals surface area contributed by atoms with Crippen LogP contribution in [0.4, 0.5) is 13.2 Å². The lowest BCUT2D eigenvalue weighted by molar-refractivity contribution is -0.137. The van der Waals surface area contributed by atoms with Crippen LogP contribution in [0.3, 0.4) is 0 Å². The summed E-state index contributed by atoms with van der Waals surface area (Å²) in [6.45, 7) is 1.64. The maximum atomic E-state index is 12.8. The average Bonchev–Trinajstić information content (AvgIpc) is 3.02. The Kier molecular flexibility index (Phi) is 5.51. The van der Waals surface area contributed by atoms with Gasteiger partial charge in [-0.05, 0) is 30.2 Å². The van der Waals surface area contributed by atoms with E-state index in [0.29, 0.717) is 6.42 Å². The van der Waals surface area contributed by atoms with Gasteiger partial charge in [-0.15, -0.1) is 0 Å². The maximum absolute atomic E-state index is 12.8. The average molecular weight is 355 g/mol. The third-order valence-electron chi connectivity index (χ3n) is 3.65. The first-order valence-corrected chi connectivity index (χ1v) is 7.49. The number of hydrogen-bond acceptors (Lipinski definition) is 3. The molecule has 8 heteroatoms. The van der Waals surface area contributed by atoms with Crippen molar-refractivity contribution in [1.29, 1.82) is 0 Å². The van der Waals surface area contributed by atoms with Gasteiger partial charge in [0.2, 0.25) is 11.7 Å². The van der Waals surface area contributed by atoms with Crippen LogP contribution in [0.5, 0.6) is 0 Å². The predicted molar refractivity (Wildman–Crippen MR) is 82.0 cm³/mol. The van der Waals surface area contributed by atoms with Crippen LogP contribution in [-0.4, -0.2) is 17.0 Å². The van der Waals surface area contributed by atoms with Crippen LogP contribution in [0.15, 0.2) is 40.8 Å². The largest absolute Gasteiger partial charge is 0.475 e. The number of halogens is 3. The Hall–Kier alpha value is -2.77. The Morgan fingerprint density at radius 2 is 1.96 bits per heavy atom. The number of hydrogen-bond donors (Lipinski definition) is 2. The zero-order valence-electron chi connectivity index (χ0n) is 13.3. The molecule has 1 heterocycles. The number of benzene rings is 1. The van der Waals surface area contributed by atoms with Crippen LogP contribution in [0.25, 0.3) is 0 Å². The summed E-state index contributed by atoms with van der Waals surface area (Å²) in [4.78, 5) is 23.0.